The zero-order valence-electron chi connectivity index (χ0n) is 25.0. The lowest BCUT2D eigenvalue weighted by Gasteiger charge is -2.41. The van der Waals surface area contributed by atoms with E-state index in [0.717, 1.165) is 13.0 Å². The fourth-order valence-electron chi connectivity index (χ4n) is 4.90. The maximum Gasteiger partial charge on any atom is 0.225 e. The highest BCUT2D eigenvalue weighted by molar-refractivity contribution is 5.77. The monoisotopic (exact) mass is 483 g/mol. The molecule has 0 aliphatic heterocycles. The van der Waals surface area contributed by atoms with Crippen LogP contribution in [0.15, 0.2) is 0 Å². The van der Waals surface area contributed by atoms with Crippen molar-refractivity contribution in [2.24, 2.45) is 11.3 Å². The Kier molecular flexibility index (Phi) is 12.3. The van der Waals surface area contributed by atoms with E-state index in [1.165, 1.54) is 0 Å². The number of nitrogens with one attached hydrogen (secondary N) is 1. The third-order valence-corrected chi connectivity index (χ3v) is 6.36. The smallest absolute Gasteiger partial charge is 0.225 e. The predicted molar refractivity (Wildman–Crippen MR) is 144 cm³/mol. The van der Waals surface area contributed by atoms with Crippen LogP contribution in [0.2, 0.25) is 0 Å². The van der Waals surface area contributed by atoms with Crippen molar-refractivity contribution in [1.29, 1.82) is 0 Å². The molecule has 0 saturated heterocycles. The number of hydrogen-bond donors (Lipinski definition) is 1. The van der Waals surface area contributed by atoms with Crippen LogP contribution in [-0.4, -0.2) is 71.6 Å². The van der Waals surface area contributed by atoms with Crippen LogP contribution in [0.25, 0.3) is 0 Å². The van der Waals surface area contributed by atoms with Crippen molar-refractivity contribution < 1.29 is 14.3 Å². The molecule has 0 radical (unpaired) electrons. The van der Waals surface area contributed by atoms with Crippen LogP contribution < -0.4 is 5.32 Å². The summed E-state index contributed by atoms with van der Waals surface area (Å²) in [6.45, 7) is 26.6. The Morgan fingerprint density at radius 2 is 1.38 bits per heavy atom. The molecule has 0 fully saturated rings. The molecule has 2 amide bonds. The van der Waals surface area contributed by atoms with E-state index in [-0.39, 0.29) is 28.3 Å². The minimum absolute atomic E-state index is 0.0356. The first-order valence-corrected chi connectivity index (χ1v) is 13.0. The lowest BCUT2D eigenvalue weighted by molar-refractivity contribution is -0.139. The summed E-state index contributed by atoms with van der Waals surface area (Å²) >= 11 is 0. The molecule has 0 bridgehead atoms. The first-order chi connectivity index (χ1) is 15.1. The maximum absolute atomic E-state index is 13.2. The second-order valence-electron chi connectivity index (χ2n) is 13.7. The summed E-state index contributed by atoms with van der Waals surface area (Å²) in [5.74, 6) is 0.692. The molecule has 0 atom stereocenters. The molecule has 1 N–H and O–H groups in total. The molecule has 0 aromatic carbocycles. The van der Waals surface area contributed by atoms with Crippen LogP contribution in [0.5, 0.6) is 0 Å². The summed E-state index contributed by atoms with van der Waals surface area (Å²) in [6, 6.07) is 0.401. The maximum atomic E-state index is 13.2. The summed E-state index contributed by atoms with van der Waals surface area (Å²) < 4.78 is 6.13. The Hall–Kier alpha value is -1.14. The van der Waals surface area contributed by atoms with Gasteiger partial charge in [0.15, 0.2) is 0 Å². The summed E-state index contributed by atoms with van der Waals surface area (Å²) in [4.78, 5) is 29.4. The molecule has 0 aliphatic carbocycles. The predicted octanol–water partition coefficient (Wildman–Crippen LogP) is 5.50. The van der Waals surface area contributed by atoms with Crippen molar-refractivity contribution in [3.63, 3.8) is 0 Å². The third kappa shape index (κ3) is 13.1. The molecule has 202 valence electrons. The average molecular weight is 484 g/mol. The number of ether oxygens (including phenoxy) is 1. The van der Waals surface area contributed by atoms with Gasteiger partial charge in [-0.25, -0.2) is 0 Å². The van der Waals surface area contributed by atoms with Crippen LogP contribution in [-0.2, 0) is 14.3 Å². The molecule has 0 aromatic heterocycles. The molecule has 0 saturated carbocycles. The van der Waals surface area contributed by atoms with E-state index in [4.69, 9.17) is 4.74 Å². The lowest BCUT2D eigenvalue weighted by atomic mass is 9.77. The van der Waals surface area contributed by atoms with Gasteiger partial charge in [-0.2, -0.15) is 0 Å². The van der Waals surface area contributed by atoms with Gasteiger partial charge in [0.2, 0.25) is 11.8 Å². The van der Waals surface area contributed by atoms with Crippen LogP contribution in [0.3, 0.4) is 0 Å². The lowest BCUT2D eigenvalue weighted by Crippen LogP contribution is -2.49. The number of nitrogens with zero attached hydrogens (tertiary/aromatic N) is 2. The minimum Gasteiger partial charge on any atom is -0.375 e. The van der Waals surface area contributed by atoms with E-state index in [1.807, 2.05) is 32.8 Å². The van der Waals surface area contributed by atoms with Gasteiger partial charge in [0.1, 0.15) is 0 Å². The van der Waals surface area contributed by atoms with Gasteiger partial charge < -0.3 is 19.9 Å². The molecule has 0 rings (SSSR count). The van der Waals surface area contributed by atoms with Crippen molar-refractivity contribution in [3.8, 4) is 0 Å². The topological polar surface area (TPSA) is 61.9 Å². The van der Waals surface area contributed by atoms with Gasteiger partial charge in [0.05, 0.1) is 12.0 Å². The molecule has 0 spiro atoms. The Balaban J connectivity index is 4.87. The number of carbonyl (C=O) groups excluding carboxylic acids is 2. The molecular formula is C28H57N3O3. The van der Waals surface area contributed by atoms with Crippen molar-refractivity contribution in [2.45, 2.75) is 131 Å². The van der Waals surface area contributed by atoms with E-state index in [9.17, 15) is 9.59 Å². The molecular weight excluding hydrogens is 426 g/mol. The Morgan fingerprint density at radius 3 is 1.85 bits per heavy atom. The van der Waals surface area contributed by atoms with E-state index in [1.54, 1.807) is 4.90 Å². The van der Waals surface area contributed by atoms with Gasteiger partial charge in [-0.3, -0.25) is 9.59 Å². The Bertz CT molecular complexity index is 651. The second-order valence-corrected chi connectivity index (χ2v) is 13.7. The molecule has 0 heterocycles. The Labute approximate surface area is 211 Å². The zero-order valence-corrected chi connectivity index (χ0v) is 25.0. The fraction of sp³-hybridized carbons (Fsp3) is 0.929. The largest absolute Gasteiger partial charge is 0.375 e. The van der Waals surface area contributed by atoms with Crippen LogP contribution in [0, 0.1) is 11.3 Å². The van der Waals surface area contributed by atoms with E-state index < -0.39 is 5.60 Å². The molecule has 0 aliphatic rings. The van der Waals surface area contributed by atoms with Gasteiger partial charge in [-0.05, 0) is 65.7 Å². The molecule has 0 unspecified atom stereocenters. The van der Waals surface area contributed by atoms with E-state index >= 15 is 0 Å². The highest BCUT2D eigenvalue weighted by Crippen LogP contribution is 2.33. The van der Waals surface area contributed by atoms with Crippen LogP contribution in [0.1, 0.15) is 109 Å². The van der Waals surface area contributed by atoms with Crippen LogP contribution >= 0.6 is 0 Å². The summed E-state index contributed by atoms with van der Waals surface area (Å²) in [5, 5.41) is 3.61. The molecule has 6 heteroatoms. The molecule has 6 nitrogen and oxygen atoms in total. The van der Waals surface area contributed by atoms with E-state index in [0.29, 0.717) is 37.8 Å². The van der Waals surface area contributed by atoms with Gasteiger partial charge in [-0.1, -0.05) is 41.5 Å². The SMILES string of the molecule is CC(C)CN(C)C(=O)CC(C)(C)OCCC(C)(C)N(C)C(=O)CC(C)(C)CC(C)(C)NC(C)C. The van der Waals surface area contributed by atoms with Gasteiger partial charge >= 0.3 is 0 Å². The zero-order chi connectivity index (χ0) is 27.1. The number of rotatable bonds is 15. The standard InChI is InChI=1S/C28H57N3O3/c1-21(2)19-30(13)23(32)18-28(11,12)34-16-15-27(9,10)31(14)24(33)17-25(5,6)20-26(7,8)29-22(3)4/h21-22,29H,15-20H2,1-14H3. The quantitative estimate of drug-likeness (QED) is 0.334. The number of amides is 2. The third-order valence-electron chi connectivity index (χ3n) is 6.36. The summed E-state index contributed by atoms with van der Waals surface area (Å²) in [7, 11) is 3.75. The van der Waals surface area contributed by atoms with Crippen LogP contribution in [0.4, 0.5) is 0 Å². The van der Waals surface area contributed by atoms with Crippen molar-refractivity contribution >= 4 is 11.8 Å². The highest BCUT2D eigenvalue weighted by Gasteiger charge is 2.35. The van der Waals surface area contributed by atoms with E-state index in [2.05, 4.69) is 74.6 Å². The van der Waals surface area contributed by atoms with Gasteiger partial charge in [0, 0.05) is 50.8 Å². The van der Waals surface area contributed by atoms with Crippen molar-refractivity contribution in [2.75, 3.05) is 27.2 Å². The first-order valence-electron chi connectivity index (χ1n) is 13.0. The minimum atomic E-state index is -0.544. The fourth-order valence-corrected chi connectivity index (χ4v) is 4.90. The second kappa shape index (κ2) is 12.7. The summed E-state index contributed by atoms with van der Waals surface area (Å²) in [6.07, 6.45) is 2.46. The normalized spacial score (nSPS) is 13.5. The molecule has 34 heavy (non-hydrogen) atoms. The number of carbonyl (C=O) groups is 2. The van der Waals surface area contributed by atoms with Crippen molar-refractivity contribution in [3.05, 3.63) is 0 Å². The summed E-state index contributed by atoms with van der Waals surface area (Å²) in [5.41, 5.74) is -1.04. The molecule has 0 aromatic rings. The first kappa shape index (κ1) is 32.9. The van der Waals surface area contributed by atoms with Gasteiger partial charge in [-0.15, -0.1) is 0 Å². The van der Waals surface area contributed by atoms with Gasteiger partial charge in [0.25, 0.3) is 0 Å². The average Bonchev–Trinajstić information content (AvgIpc) is 2.56. The van der Waals surface area contributed by atoms with Crippen molar-refractivity contribution in [1.82, 2.24) is 15.1 Å². The number of hydrogen-bond acceptors (Lipinski definition) is 4. The Morgan fingerprint density at radius 1 is 0.853 bits per heavy atom. The highest BCUT2D eigenvalue weighted by atomic mass is 16.5.